The quantitative estimate of drug-likeness (QED) is 0.692. The fourth-order valence-electron chi connectivity index (χ4n) is 2.13. The van der Waals surface area contributed by atoms with E-state index in [4.69, 9.17) is 23.2 Å². The summed E-state index contributed by atoms with van der Waals surface area (Å²) in [5.41, 5.74) is 1.94. The molecule has 2 heterocycles. The lowest BCUT2D eigenvalue weighted by molar-refractivity contribution is 0.577. The second kappa shape index (κ2) is 5.23. The number of hydrogen-bond acceptors (Lipinski definition) is 2. The topological polar surface area (TPSA) is 35.6 Å². The number of fused-ring (bicyclic) bond motifs is 1. The van der Waals surface area contributed by atoms with Gasteiger partial charge in [0, 0.05) is 30.5 Å². The molecule has 0 unspecified atom stereocenters. The van der Waals surface area contributed by atoms with E-state index >= 15 is 0 Å². The largest absolute Gasteiger partial charge is 0.336 e. The van der Waals surface area contributed by atoms with Crippen molar-refractivity contribution in [3.63, 3.8) is 0 Å². The van der Waals surface area contributed by atoms with Gasteiger partial charge in [0.25, 0.3) is 0 Å². The zero-order valence-corrected chi connectivity index (χ0v) is 11.6. The van der Waals surface area contributed by atoms with Crippen LogP contribution in [0.15, 0.2) is 36.9 Å². The number of imidazole rings is 2. The summed E-state index contributed by atoms with van der Waals surface area (Å²) in [6.07, 6.45) is 5.50. The molecule has 0 saturated heterocycles. The van der Waals surface area contributed by atoms with E-state index in [9.17, 15) is 0 Å². The summed E-state index contributed by atoms with van der Waals surface area (Å²) in [5, 5.41) is 0.706. The Labute approximate surface area is 120 Å². The van der Waals surface area contributed by atoms with Crippen molar-refractivity contribution in [2.45, 2.75) is 19.0 Å². The number of aromatic nitrogens is 4. The third kappa shape index (κ3) is 2.46. The predicted octanol–water partition coefficient (Wildman–Crippen LogP) is 3.33. The molecule has 6 heteroatoms. The number of benzene rings is 1. The monoisotopic (exact) mass is 294 g/mol. The molecule has 0 aliphatic rings. The molecule has 4 nitrogen and oxygen atoms in total. The molecule has 1 aromatic carbocycles. The van der Waals surface area contributed by atoms with Crippen LogP contribution in [0.25, 0.3) is 11.0 Å². The minimum atomic E-state index is 0.385. The first kappa shape index (κ1) is 12.5. The Bertz CT molecular complexity index is 688. The van der Waals surface area contributed by atoms with E-state index in [2.05, 4.69) is 14.5 Å². The molecule has 3 aromatic rings. The Kier molecular flexibility index (Phi) is 3.44. The number of nitrogens with zero attached hydrogens (tertiary/aromatic N) is 4. The molecule has 0 fully saturated rings. The van der Waals surface area contributed by atoms with E-state index in [0.717, 1.165) is 29.9 Å². The zero-order valence-electron chi connectivity index (χ0n) is 10.1. The highest BCUT2D eigenvalue weighted by Gasteiger charge is 2.10. The molecule has 0 bridgehead atoms. The zero-order chi connectivity index (χ0) is 13.2. The molecular weight excluding hydrogens is 283 g/mol. The Morgan fingerprint density at radius 3 is 2.84 bits per heavy atom. The van der Waals surface area contributed by atoms with Gasteiger partial charge in [-0.2, -0.15) is 0 Å². The number of halogens is 2. The summed E-state index contributed by atoms with van der Waals surface area (Å²) in [4.78, 5) is 8.55. The van der Waals surface area contributed by atoms with E-state index in [-0.39, 0.29) is 0 Å². The first-order valence-corrected chi connectivity index (χ1v) is 6.85. The molecule has 0 aliphatic carbocycles. The molecule has 2 aromatic heterocycles. The van der Waals surface area contributed by atoms with E-state index in [1.165, 1.54) is 0 Å². The first-order valence-electron chi connectivity index (χ1n) is 5.94. The number of rotatable bonds is 4. The highest BCUT2D eigenvalue weighted by molar-refractivity contribution is 6.31. The Morgan fingerprint density at radius 1 is 1.21 bits per heavy atom. The van der Waals surface area contributed by atoms with Crippen molar-refractivity contribution in [1.29, 1.82) is 0 Å². The average Bonchev–Trinajstić information content (AvgIpc) is 3.03. The summed E-state index contributed by atoms with van der Waals surface area (Å²) in [5.74, 6) is 1.25. The minimum absolute atomic E-state index is 0.385. The van der Waals surface area contributed by atoms with Crippen molar-refractivity contribution >= 4 is 34.2 Å². The SMILES string of the molecule is ClCc1nc2ccc(Cl)cc2n1CCn1ccnc1. The van der Waals surface area contributed by atoms with Crippen LogP contribution in [0.2, 0.25) is 5.02 Å². The Balaban J connectivity index is 1.97. The van der Waals surface area contributed by atoms with E-state index in [0.29, 0.717) is 10.9 Å². The molecule has 0 radical (unpaired) electrons. The summed E-state index contributed by atoms with van der Waals surface area (Å²) >= 11 is 12.0. The van der Waals surface area contributed by atoms with Crippen LogP contribution in [0.3, 0.4) is 0 Å². The maximum atomic E-state index is 6.05. The van der Waals surface area contributed by atoms with Gasteiger partial charge < -0.3 is 9.13 Å². The summed E-state index contributed by atoms with van der Waals surface area (Å²) in [6.45, 7) is 1.61. The molecule has 0 amide bonds. The third-order valence-corrected chi connectivity index (χ3v) is 3.52. The van der Waals surface area contributed by atoms with Crippen LogP contribution in [0.4, 0.5) is 0 Å². The average molecular weight is 295 g/mol. The van der Waals surface area contributed by atoms with Gasteiger partial charge in [-0.1, -0.05) is 11.6 Å². The van der Waals surface area contributed by atoms with Crippen LogP contribution in [0, 0.1) is 0 Å². The standard InChI is InChI=1S/C13H12Cl2N4/c14-8-13-17-11-2-1-10(15)7-12(11)19(13)6-5-18-4-3-16-9-18/h1-4,7,9H,5-6,8H2. The van der Waals surface area contributed by atoms with Gasteiger partial charge in [0.15, 0.2) is 0 Å². The Morgan fingerprint density at radius 2 is 2.11 bits per heavy atom. The number of aryl methyl sites for hydroxylation is 2. The number of hydrogen-bond donors (Lipinski definition) is 0. The smallest absolute Gasteiger partial charge is 0.124 e. The first-order chi connectivity index (χ1) is 9.28. The molecule has 3 rings (SSSR count). The third-order valence-electron chi connectivity index (χ3n) is 3.05. The van der Waals surface area contributed by atoms with Gasteiger partial charge in [-0.15, -0.1) is 11.6 Å². The van der Waals surface area contributed by atoms with Gasteiger partial charge in [0.1, 0.15) is 5.82 Å². The van der Waals surface area contributed by atoms with Crippen molar-refractivity contribution < 1.29 is 0 Å². The highest BCUT2D eigenvalue weighted by Crippen LogP contribution is 2.21. The van der Waals surface area contributed by atoms with Gasteiger partial charge in [-0.3, -0.25) is 0 Å². The van der Waals surface area contributed by atoms with Crippen LogP contribution in [0.5, 0.6) is 0 Å². The molecular formula is C13H12Cl2N4. The second-order valence-corrected chi connectivity index (χ2v) is 4.95. The maximum absolute atomic E-state index is 6.05. The van der Waals surface area contributed by atoms with Crippen molar-refractivity contribution in [1.82, 2.24) is 19.1 Å². The van der Waals surface area contributed by atoms with Gasteiger partial charge >= 0.3 is 0 Å². The molecule has 0 spiro atoms. The van der Waals surface area contributed by atoms with E-state index in [1.54, 1.807) is 12.5 Å². The predicted molar refractivity (Wildman–Crippen MR) is 76.5 cm³/mol. The van der Waals surface area contributed by atoms with Gasteiger partial charge in [-0.05, 0) is 18.2 Å². The maximum Gasteiger partial charge on any atom is 0.124 e. The second-order valence-electron chi connectivity index (χ2n) is 4.25. The van der Waals surface area contributed by atoms with Crippen LogP contribution in [-0.2, 0) is 19.0 Å². The van der Waals surface area contributed by atoms with Gasteiger partial charge in [0.05, 0.1) is 23.2 Å². The van der Waals surface area contributed by atoms with Crippen molar-refractivity contribution in [3.05, 3.63) is 47.8 Å². The van der Waals surface area contributed by atoms with Gasteiger partial charge in [0.2, 0.25) is 0 Å². The lowest BCUT2D eigenvalue weighted by atomic mass is 10.3. The molecule has 0 saturated carbocycles. The minimum Gasteiger partial charge on any atom is -0.336 e. The highest BCUT2D eigenvalue weighted by atomic mass is 35.5. The van der Waals surface area contributed by atoms with Gasteiger partial charge in [-0.25, -0.2) is 9.97 Å². The molecule has 0 aliphatic heterocycles. The van der Waals surface area contributed by atoms with Crippen molar-refractivity contribution in [2.75, 3.05) is 0 Å². The fraction of sp³-hybridized carbons (Fsp3) is 0.231. The molecule has 0 N–H and O–H groups in total. The van der Waals surface area contributed by atoms with Crippen LogP contribution in [0.1, 0.15) is 5.82 Å². The summed E-state index contributed by atoms with van der Waals surface area (Å²) in [7, 11) is 0. The van der Waals surface area contributed by atoms with Crippen LogP contribution < -0.4 is 0 Å². The number of alkyl halides is 1. The van der Waals surface area contributed by atoms with Crippen LogP contribution >= 0.6 is 23.2 Å². The van der Waals surface area contributed by atoms with E-state index in [1.807, 2.05) is 29.0 Å². The lowest BCUT2D eigenvalue weighted by Gasteiger charge is -2.08. The van der Waals surface area contributed by atoms with Crippen molar-refractivity contribution in [2.24, 2.45) is 0 Å². The van der Waals surface area contributed by atoms with Crippen LogP contribution in [-0.4, -0.2) is 19.1 Å². The normalized spacial score (nSPS) is 11.3. The molecule has 19 heavy (non-hydrogen) atoms. The Hall–Kier alpha value is -1.52. The molecule has 0 atom stereocenters. The summed E-state index contributed by atoms with van der Waals surface area (Å²) < 4.78 is 4.13. The van der Waals surface area contributed by atoms with E-state index < -0.39 is 0 Å². The van der Waals surface area contributed by atoms with Crippen molar-refractivity contribution in [3.8, 4) is 0 Å². The fourth-order valence-corrected chi connectivity index (χ4v) is 2.50. The molecule has 98 valence electrons. The lowest BCUT2D eigenvalue weighted by Crippen LogP contribution is -2.08. The summed E-state index contributed by atoms with van der Waals surface area (Å²) in [6, 6.07) is 5.68.